The Bertz CT molecular complexity index is 495. The minimum Gasteiger partial charge on any atom is -0.368 e. The second-order valence-corrected chi connectivity index (χ2v) is 6.82. The molecule has 0 aromatic carbocycles. The first-order chi connectivity index (χ1) is 10.1. The summed E-state index contributed by atoms with van der Waals surface area (Å²) in [7, 11) is 2.23. The van der Waals surface area contributed by atoms with Gasteiger partial charge in [0.1, 0.15) is 16.8 Å². The van der Waals surface area contributed by atoms with Crippen molar-refractivity contribution in [3.63, 3.8) is 0 Å². The van der Waals surface area contributed by atoms with Crippen LogP contribution in [-0.2, 0) is 0 Å². The molecule has 2 aliphatic rings. The maximum Gasteiger partial charge on any atom is 0.137 e. The maximum atomic E-state index is 6.23. The molecule has 0 spiro atoms. The molecule has 0 amide bonds. The van der Waals surface area contributed by atoms with Crippen LogP contribution in [0.25, 0.3) is 0 Å². The Morgan fingerprint density at radius 1 is 1.19 bits per heavy atom. The molecule has 0 unspecified atom stereocenters. The molecule has 1 aromatic rings. The van der Waals surface area contributed by atoms with Crippen LogP contribution in [0.1, 0.15) is 55.8 Å². The highest BCUT2D eigenvalue weighted by Gasteiger charge is 2.28. The number of hydrogen-bond donors (Lipinski definition) is 1. The van der Waals surface area contributed by atoms with Crippen molar-refractivity contribution in [1.29, 1.82) is 0 Å². The van der Waals surface area contributed by atoms with Crippen molar-refractivity contribution in [2.75, 3.05) is 25.5 Å². The number of likely N-dealkylation sites (N-methyl/N-ethyl adjacent to an activating group) is 1. The summed E-state index contributed by atoms with van der Waals surface area (Å²) >= 11 is 6.23. The average molecular weight is 309 g/mol. The van der Waals surface area contributed by atoms with Crippen LogP contribution in [0.2, 0.25) is 5.15 Å². The Hall–Kier alpha value is -0.870. The lowest BCUT2D eigenvalue weighted by Gasteiger charge is -2.24. The van der Waals surface area contributed by atoms with Gasteiger partial charge in [-0.25, -0.2) is 9.97 Å². The number of aromatic nitrogens is 2. The van der Waals surface area contributed by atoms with E-state index in [4.69, 9.17) is 11.6 Å². The first-order valence-electron chi connectivity index (χ1n) is 8.13. The van der Waals surface area contributed by atoms with Gasteiger partial charge in [-0.05, 0) is 39.7 Å². The van der Waals surface area contributed by atoms with Gasteiger partial charge in [0.15, 0.2) is 0 Å². The van der Waals surface area contributed by atoms with Crippen LogP contribution in [0.15, 0.2) is 0 Å². The zero-order valence-corrected chi connectivity index (χ0v) is 13.8. The van der Waals surface area contributed by atoms with Crippen LogP contribution in [0.3, 0.4) is 0 Å². The number of nitrogens with one attached hydrogen (secondary N) is 1. The number of hydrogen-bond acceptors (Lipinski definition) is 4. The minimum absolute atomic E-state index is 0.532. The number of rotatable bonds is 6. The Morgan fingerprint density at radius 3 is 2.57 bits per heavy atom. The third-order valence-corrected chi connectivity index (χ3v) is 5.12. The Balaban J connectivity index is 1.56. The van der Waals surface area contributed by atoms with Gasteiger partial charge < -0.3 is 10.2 Å². The molecule has 2 aliphatic carbocycles. The molecule has 1 N–H and O–H groups in total. The van der Waals surface area contributed by atoms with Crippen LogP contribution >= 0.6 is 11.6 Å². The number of nitrogens with zero attached hydrogens (tertiary/aromatic N) is 3. The first-order valence-corrected chi connectivity index (χ1v) is 8.51. The SMILES string of the molecule is Cc1c(Cl)nc(C2CC2)nc1NCCN(C)C1CCCC1. The van der Waals surface area contributed by atoms with E-state index in [1.807, 2.05) is 6.92 Å². The van der Waals surface area contributed by atoms with Gasteiger partial charge >= 0.3 is 0 Å². The summed E-state index contributed by atoms with van der Waals surface area (Å²) in [5.74, 6) is 2.36. The van der Waals surface area contributed by atoms with Crippen molar-refractivity contribution in [2.24, 2.45) is 0 Å². The van der Waals surface area contributed by atoms with Gasteiger partial charge in [0.05, 0.1) is 0 Å². The molecule has 4 nitrogen and oxygen atoms in total. The van der Waals surface area contributed by atoms with Crippen molar-refractivity contribution >= 4 is 17.4 Å². The fourth-order valence-corrected chi connectivity index (χ4v) is 3.26. The molecular weight excluding hydrogens is 284 g/mol. The third kappa shape index (κ3) is 3.67. The number of halogens is 1. The Kier molecular flexibility index (Phi) is 4.65. The lowest BCUT2D eigenvalue weighted by Crippen LogP contribution is -2.33. The summed E-state index contributed by atoms with van der Waals surface area (Å²) < 4.78 is 0. The predicted octanol–water partition coefficient (Wildman–Crippen LogP) is 3.60. The zero-order valence-electron chi connectivity index (χ0n) is 13.0. The molecule has 0 saturated heterocycles. The molecule has 5 heteroatoms. The molecule has 0 aliphatic heterocycles. The molecule has 116 valence electrons. The summed E-state index contributed by atoms with van der Waals surface area (Å²) in [6, 6.07) is 0.768. The molecule has 0 atom stereocenters. The number of anilines is 1. The summed E-state index contributed by atoms with van der Waals surface area (Å²) in [5.41, 5.74) is 0.963. The van der Waals surface area contributed by atoms with Gasteiger partial charge in [0, 0.05) is 30.6 Å². The van der Waals surface area contributed by atoms with E-state index in [2.05, 4.69) is 27.2 Å². The van der Waals surface area contributed by atoms with Crippen molar-refractivity contribution in [3.05, 3.63) is 16.5 Å². The van der Waals surface area contributed by atoms with Crippen LogP contribution in [0.4, 0.5) is 5.82 Å². The van der Waals surface area contributed by atoms with Crippen LogP contribution < -0.4 is 5.32 Å². The Labute approximate surface area is 132 Å². The van der Waals surface area contributed by atoms with E-state index < -0.39 is 0 Å². The van der Waals surface area contributed by atoms with Gasteiger partial charge in [-0.2, -0.15) is 0 Å². The van der Waals surface area contributed by atoms with Gasteiger partial charge in [0.25, 0.3) is 0 Å². The lowest BCUT2D eigenvalue weighted by atomic mass is 10.2. The standard InChI is InChI=1S/C16H25ClN4/c1-11-14(17)19-16(12-7-8-12)20-15(11)18-9-10-21(2)13-5-3-4-6-13/h12-13H,3-10H2,1-2H3,(H,18,19,20). The monoisotopic (exact) mass is 308 g/mol. The zero-order chi connectivity index (χ0) is 14.8. The molecule has 2 fully saturated rings. The molecule has 3 rings (SSSR count). The molecule has 1 heterocycles. The van der Waals surface area contributed by atoms with Crippen LogP contribution in [0.5, 0.6) is 0 Å². The quantitative estimate of drug-likeness (QED) is 0.815. The van der Waals surface area contributed by atoms with Crippen LogP contribution in [0, 0.1) is 6.92 Å². The summed E-state index contributed by atoms with van der Waals surface area (Å²) in [6.45, 7) is 3.94. The van der Waals surface area contributed by atoms with E-state index in [-0.39, 0.29) is 0 Å². The van der Waals surface area contributed by atoms with Crippen molar-refractivity contribution < 1.29 is 0 Å². The van der Waals surface area contributed by atoms with Crippen molar-refractivity contribution in [2.45, 2.75) is 57.4 Å². The smallest absolute Gasteiger partial charge is 0.137 e. The largest absolute Gasteiger partial charge is 0.368 e. The lowest BCUT2D eigenvalue weighted by molar-refractivity contribution is 0.254. The highest BCUT2D eigenvalue weighted by molar-refractivity contribution is 6.30. The van der Waals surface area contributed by atoms with E-state index in [1.54, 1.807) is 0 Å². The topological polar surface area (TPSA) is 41.1 Å². The van der Waals surface area contributed by atoms with E-state index in [9.17, 15) is 0 Å². The van der Waals surface area contributed by atoms with E-state index >= 15 is 0 Å². The van der Waals surface area contributed by atoms with Crippen molar-refractivity contribution in [3.8, 4) is 0 Å². The maximum absolute atomic E-state index is 6.23. The van der Waals surface area contributed by atoms with Gasteiger partial charge in [-0.1, -0.05) is 24.4 Å². The highest BCUT2D eigenvalue weighted by atomic mass is 35.5. The third-order valence-electron chi connectivity index (χ3n) is 4.75. The summed E-state index contributed by atoms with van der Waals surface area (Å²) in [6.07, 6.45) is 7.86. The predicted molar refractivity (Wildman–Crippen MR) is 87.1 cm³/mol. The van der Waals surface area contributed by atoms with Gasteiger partial charge in [0.2, 0.25) is 0 Å². The first kappa shape index (κ1) is 15.0. The minimum atomic E-state index is 0.532. The molecule has 21 heavy (non-hydrogen) atoms. The van der Waals surface area contributed by atoms with Gasteiger partial charge in [-0.3, -0.25) is 0 Å². The highest BCUT2D eigenvalue weighted by Crippen LogP contribution is 2.39. The fourth-order valence-electron chi connectivity index (χ4n) is 3.08. The molecular formula is C16H25ClN4. The summed E-state index contributed by atoms with van der Waals surface area (Å²) in [4.78, 5) is 11.5. The average Bonchev–Trinajstić information content (AvgIpc) is 3.17. The molecule has 0 radical (unpaired) electrons. The van der Waals surface area contributed by atoms with Crippen molar-refractivity contribution in [1.82, 2.24) is 14.9 Å². The molecule has 0 bridgehead atoms. The molecule has 1 aromatic heterocycles. The van der Waals surface area contributed by atoms with Crippen LogP contribution in [-0.4, -0.2) is 41.0 Å². The fraction of sp³-hybridized carbons (Fsp3) is 0.750. The van der Waals surface area contributed by atoms with E-state index in [1.165, 1.54) is 38.5 Å². The van der Waals surface area contributed by atoms with E-state index in [0.29, 0.717) is 11.1 Å². The Morgan fingerprint density at radius 2 is 1.90 bits per heavy atom. The second kappa shape index (κ2) is 6.49. The normalized spacial score (nSPS) is 19.4. The van der Waals surface area contributed by atoms with Gasteiger partial charge in [-0.15, -0.1) is 0 Å². The van der Waals surface area contributed by atoms with E-state index in [0.717, 1.165) is 36.3 Å². The molecule has 2 saturated carbocycles. The summed E-state index contributed by atoms with van der Waals surface area (Å²) in [5, 5.41) is 4.05. The second-order valence-electron chi connectivity index (χ2n) is 6.47.